The quantitative estimate of drug-likeness (QED) is 0.725. The lowest BCUT2D eigenvalue weighted by atomic mass is 10.1. The van der Waals surface area contributed by atoms with Crippen LogP contribution < -0.4 is 5.32 Å². The van der Waals surface area contributed by atoms with E-state index in [-0.39, 0.29) is 0 Å². The fourth-order valence-electron chi connectivity index (χ4n) is 1.43. The highest BCUT2D eigenvalue weighted by Gasteiger charge is 2.08. The lowest BCUT2D eigenvalue weighted by Crippen LogP contribution is -2.29. The summed E-state index contributed by atoms with van der Waals surface area (Å²) >= 11 is 0. The van der Waals surface area contributed by atoms with Gasteiger partial charge < -0.3 is 10.1 Å². The second kappa shape index (κ2) is 5.78. The molecule has 1 aromatic heterocycles. The number of nitrogens with zero attached hydrogens (tertiary/aromatic N) is 2. The van der Waals surface area contributed by atoms with Gasteiger partial charge in [0, 0.05) is 39.4 Å². The molecular weight excluding hydrogens is 178 g/mol. The number of aryl methyl sites for hydroxylation is 1. The average molecular weight is 197 g/mol. The smallest absolute Gasteiger partial charge is 0.0640 e. The van der Waals surface area contributed by atoms with Gasteiger partial charge in [-0.2, -0.15) is 5.10 Å². The van der Waals surface area contributed by atoms with E-state index in [1.165, 1.54) is 0 Å². The molecule has 0 radical (unpaired) electrons. The second-order valence-electron chi connectivity index (χ2n) is 3.45. The van der Waals surface area contributed by atoms with E-state index in [4.69, 9.17) is 4.74 Å². The van der Waals surface area contributed by atoms with Crippen LogP contribution >= 0.6 is 0 Å². The van der Waals surface area contributed by atoms with Gasteiger partial charge >= 0.3 is 0 Å². The predicted octanol–water partition coefficient (Wildman–Crippen LogP) is 0.587. The number of hydrogen-bond donors (Lipinski definition) is 1. The van der Waals surface area contributed by atoms with E-state index in [2.05, 4.69) is 16.5 Å². The second-order valence-corrected chi connectivity index (χ2v) is 3.45. The van der Waals surface area contributed by atoms with Crippen LogP contribution in [0.15, 0.2) is 12.3 Å². The van der Waals surface area contributed by atoms with E-state index in [0.29, 0.717) is 6.04 Å². The topological polar surface area (TPSA) is 39.1 Å². The maximum atomic E-state index is 5.05. The number of methoxy groups -OCH3 is 1. The van der Waals surface area contributed by atoms with Gasteiger partial charge in [-0.15, -0.1) is 0 Å². The van der Waals surface area contributed by atoms with Gasteiger partial charge in [0.1, 0.15) is 0 Å². The Hall–Kier alpha value is -0.870. The Morgan fingerprint density at radius 2 is 2.43 bits per heavy atom. The third-order valence-electron chi connectivity index (χ3n) is 2.30. The highest BCUT2D eigenvalue weighted by Crippen LogP contribution is 2.02. The first-order valence-electron chi connectivity index (χ1n) is 4.91. The molecule has 0 saturated heterocycles. The van der Waals surface area contributed by atoms with Crippen molar-refractivity contribution in [2.24, 2.45) is 7.05 Å². The third kappa shape index (κ3) is 3.47. The van der Waals surface area contributed by atoms with E-state index < -0.39 is 0 Å². The van der Waals surface area contributed by atoms with Crippen LogP contribution in [0.3, 0.4) is 0 Å². The van der Waals surface area contributed by atoms with Gasteiger partial charge in [0.25, 0.3) is 0 Å². The van der Waals surface area contributed by atoms with Gasteiger partial charge in [0.15, 0.2) is 0 Å². The molecule has 4 heteroatoms. The summed E-state index contributed by atoms with van der Waals surface area (Å²) in [7, 11) is 5.64. The number of hydrogen-bond acceptors (Lipinski definition) is 3. The molecule has 1 unspecified atom stereocenters. The predicted molar refractivity (Wildman–Crippen MR) is 56.3 cm³/mol. The molecule has 1 N–H and O–H groups in total. The Labute approximate surface area is 85.3 Å². The fraction of sp³-hybridized carbons (Fsp3) is 0.700. The van der Waals surface area contributed by atoms with Crippen LogP contribution in [0.4, 0.5) is 0 Å². The minimum atomic E-state index is 0.449. The van der Waals surface area contributed by atoms with Crippen molar-refractivity contribution in [3.63, 3.8) is 0 Å². The molecule has 0 amide bonds. The summed E-state index contributed by atoms with van der Waals surface area (Å²) < 4.78 is 6.88. The van der Waals surface area contributed by atoms with Crippen molar-refractivity contribution in [1.29, 1.82) is 0 Å². The van der Waals surface area contributed by atoms with Crippen molar-refractivity contribution in [3.05, 3.63) is 18.0 Å². The summed E-state index contributed by atoms with van der Waals surface area (Å²) in [5, 5.41) is 7.61. The Bertz CT molecular complexity index is 260. The van der Waals surface area contributed by atoms with Gasteiger partial charge in [0.05, 0.1) is 5.69 Å². The zero-order chi connectivity index (χ0) is 10.4. The van der Waals surface area contributed by atoms with Gasteiger partial charge in [-0.1, -0.05) is 0 Å². The van der Waals surface area contributed by atoms with E-state index in [9.17, 15) is 0 Å². The molecule has 0 aliphatic carbocycles. The first-order chi connectivity index (χ1) is 6.76. The molecule has 0 spiro atoms. The maximum Gasteiger partial charge on any atom is 0.0640 e. The molecule has 0 fully saturated rings. The van der Waals surface area contributed by atoms with Crippen molar-refractivity contribution in [2.75, 3.05) is 20.8 Å². The summed E-state index contributed by atoms with van der Waals surface area (Å²) in [6.07, 6.45) is 3.95. The molecule has 1 rings (SSSR count). The monoisotopic (exact) mass is 197 g/mol. The molecule has 0 aromatic carbocycles. The molecular formula is C10H19N3O. The van der Waals surface area contributed by atoms with Crippen molar-refractivity contribution in [3.8, 4) is 0 Å². The van der Waals surface area contributed by atoms with Crippen LogP contribution in [-0.2, 0) is 18.2 Å². The van der Waals surface area contributed by atoms with Crippen LogP contribution in [0.5, 0.6) is 0 Å². The molecule has 0 saturated carbocycles. The summed E-state index contributed by atoms with van der Waals surface area (Å²) in [5.74, 6) is 0. The summed E-state index contributed by atoms with van der Waals surface area (Å²) in [5.41, 5.74) is 1.13. The Morgan fingerprint density at radius 1 is 1.64 bits per heavy atom. The van der Waals surface area contributed by atoms with Crippen LogP contribution in [0.25, 0.3) is 0 Å². The van der Waals surface area contributed by atoms with Gasteiger partial charge in [-0.3, -0.25) is 4.68 Å². The fourth-order valence-corrected chi connectivity index (χ4v) is 1.43. The Balaban J connectivity index is 2.40. The first kappa shape index (κ1) is 11.2. The number of aromatic nitrogens is 2. The van der Waals surface area contributed by atoms with E-state index in [0.717, 1.165) is 25.1 Å². The van der Waals surface area contributed by atoms with Crippen molar-refractivity contribution in [2.45, 2.75) is 18.9 Å². The van der Waals surface area contributed by atoms with Crippen molar-refractivity contribution < 1.29 is 4.74 Å². The zero-order valence-corrected chi connectivity index (χ0v) is 9.16. The largest absolute Gasteiger partial charge is 0.385 e. The summed E-state index contributed by atoms with van der Waals surface area (Å²) in [4.78, 5) is 0. The molecule has 80 valence electrons. The third-order valence-corrected chi connectivity index (χ3v) is 2.30. The van der Waals surface area contributed by atoms with Crippen LogP contribution in [0.2, 0.25) is 0 Å². The van der Waals surface area contributed by atoms with E-state index in [1.54, 1.807) is 7.11 Å². The first-order valence-corrected chi connectivity index (χ1v) is 4.91. The van der Waals surface area contributed by atoms with E-state index >= 15 is 0 Å². The lowest BCUT2D eigenvalue weighted by molar-refractivity contribution is 0.183. The standard InChI is InChI=1S/C10H19N3O/c1-11-9(5-7-14-3)8-10-4-6-13(2)12-10/h4,6,9,11H,5,7-8H2,1-3H3. The Kier molecular flexibility index (Phi) is 4.62. The van der Waals surface area contributed by atoms with Gasteiger partial charge in [-0.25, -0.2) is 0 Å². The van der Waals surface area contributed by atoms with Crippen LogP contribution in [0, 0.1) is 0 Å². The van der Waals surface area contributed by atoms with E-state index in [1.807, 2.05) is 25.0 Å². The minimum Gasteiger partial charge on any atom is -0.385 e. The maximum absolute atomic E-state index is 5.05. The molecule has 0 aliphatic rings. The summed E-state index contributed by atoms with van der Waals surface area (Å²) in [6.45, 7) is 0.790. The molecule has 14 heavy (non-hydrogen) atoms. The average Bonchev–Trinajstić information content (AvgIpc) is 2.58. The van der Waals surface area contributed by atoms with Crippen LogP contribution in [0.1, 0.15) is 12.1 Å². The minimum absolute atomic E-state index is 0.449. The molecule has 0 aliphatic heterocycles. The molecule has 1 heterocycles. The van der Waals surface area contributed by atoms with Gasteiger partial charge in [0.2, 0.25) is 0 Å². The zero-order valence-electron chi connectivity index (χ0n) is 9.16. The highest BCUT2D eigenvalue weighted by molar-refractivity contribution is 5.01. The molecule has 4 nitrogen and oxygen atoms in total. The number of likely N-dealkylation sites (N-methyl/N-ethyl adjacent to an activating group) is 1. The molecule has 0 bridgehead atoms. The summed E-state index contributed by atoms with van der Waals surface area (Å²) in [6, 6.07) is 2.50. The number of nitrogens with one attached hydrogen (secondary N) is 1. The lowest BCUT2D eigenvalue weighted by Gasteiger charge is -2.13. The van der Waals surface area contributed by atoms with Crippen molar-refractivity contribution >= 4 is 0 Å². The van der Waals surface area contributed by atoms with Gasteiger partial charge in [-0.05, 0) is 19.5 Å². The number of ether oxygens (including phenoxy) is 1. The molecule has 1 atom stereocenters. The highest BCUT2D eigenvalue weighted by atomic mass is 16.5. The SMILES string of the molecule is CNC(CCOC)Cc1ccn(C)n1. The normalized spacial score (nSPS) is 13.1. The molecule has 1 aromatic rings. The van der Waals surface area contributed by atoms with Crippen molar-refractivity contribution in [1.82, 2.24) is 15.1 Å². The number of rotatable bonds is 6. The Morgan fingerprint density at radius 3 is 2.93 bits per heavy atom. The van der Waals surface area contributed by atoms with Crippen LogP contribution in [-0.4, -0.2) is 36.6 Å².